The van der Waals surface area contributed by atoms with Crippen molar-refractivity contribution in [1.82, 2.24) is 10.2 Å². The van der Waals surface area contributed by atoms with Crippen molar-refractivity contribution in [2.75, 3.05) is 13.1 Å². The van der Waals surface area contributed by atoms with Gasteiger partial charge in [0.1, 0.15) is 5.82 Å². The maximum absolute atomic E-state index is 13.7. The van der Waals surface area contributed by atoms with E-state index in [0.29, 0.717) is 5.56 Å². The number of halogens is 2. The van der Waals surface area contributed by atoms with Gasteiger partial charge in [0.2, 0.25) is 0 Å². The second kappa shape index (κ2) is 8.66. The average Bonchev–Trinajstić information content (AvgIpc) is 2.91. The summed E-state index contributed by atoms with van der Waals surface area (Å²) in [5.41, 5.74) is 0.749. The van der Waals surface area contributed by atoms with Crippen LogP contribution in [0.4, 0.5) is 9.18 Å². The predicted molar refractivity (Wildman–Crippen MR) is 111 cm³/mol. The maximum atomic E-state index is 13.7. The summed E-state index contributed by atoms with van der Waals surface area (Å²) in [5, 5.41) is 2.25. The monoisotopic (exact) mass is 496 g/mol. The van der Waals surface area contributed by atoms with E-state index >= 15 is 0 Å². The van der Waals surface area contributed by atoms with Crippen LogP contribution in [-0.4, -0.2) is 35.0 Å². The molecule has 1 aliphatic rings. The number of imide groups is 1. The summed E-state index contributed by atoms with van der Waals surface area (Å²) in [5.74, 6) is -1.23. The minimum Gasteiger partial charge on any atom is -0.350 e. The summed E-state index contributed by atoms with van der Waals surface area (Å²) >= 11 is 2.91. The van der Waals surface area contributed by atoms with Gasteiger partial charge in [0, 0.05) is 27.8 Å². The molecular formula is C19H14FIN2O3S. The maximum Gasteiger partial charge on any atom is 0.293 e. The van der Waals surface area contributed by atoms with E-state index in [1.807, 2.05) is 12.1 Å². The molecule has 3 amide bonds. The average molecular weight is 496 g/mol. The normalized spacial score (nSPS) is 15.5. The molecule has 0 unspecified atom stereocenters. The first-order chi connectivity index (χ1) is 13.0. The fourth-order valence-electron chi connectivity index (χ4n) is 2.41. The molecule has 1 saturated heterocycles. The molecule has 0 atom stereocenters. The van der Waals surface area contributed by atoms with E-state index in [0.717, 1.165) is 20.2 Å². The molecule has 1 N–H and O–H groups in total. The first kappa shape index (κ1) is 19.6. The Morgan fingerprint density at radius 2 is 1.85 bits per heavy atom. The second-order valence-electron chi connectivity index (χ2n) is 5.62. The molecule has 27 heavy (non-hydrogen) atoms. The summed E-state index contributed by atoms with van der Waals surface area (Å²) in [7, 11) is 0. The van der Waals surface area contributed by atoms with E-state index in [9.17, 15) is 18.8 Å². The lowest BCUT2D eigenvalue weighted by molar-refractivity contribution is -0.122. The van der Waals surface area contributed by atoms with Crippen LogP contribution in [0.5, 0.6) is 0 Å². The van der Waals surface area contributed by atoms with E-state index < -0.39 is 17.0 Å². The van der Waals surface area contributed by atoms with Gasteiger partial charge in [-0.2, -0.15) is 0 Å². The first-order valence-corrected chi connectivity index (χ1v) is 9.89. The first-order valence-electron chi connectivity index (χ1n) is 7.99. The third kappa shape index (κ3) is 4.75. The fraction of sp³-hybridized carbons (Fsp3) is 0.105. The molecule has 138 valence electrons. The Morgan fingerprint density at radius 1 is 1.15 bits per heavy atom. The van der Waals surface area contributed by atoms with Crippen LogP contribution >= 0.6 is 34.4 Å². The van der Waals surface area contributed by atoms with Gasteiger partial charge in [0.25, 0.3) is 17.1 Å². The van der Waals surface area contributed by atoms with Crippen LogP contribution in [0.3, 0.4) is 0 Å². The van der Waals surface area contributed by atoms with E-state index in [4.69, 9.17) is 0 Å². The highest BCUT2D eigenvalue weighted by Gasteiger charge is 2.34. The summed E-state index contributed by atoms with van der Waals surface area (Å²) in [6.07, 6.45) is 1.37. The standard InChI is InChI=1S/C19H14FIN2O3S/c20-15-4-2-1-3-13(15)11-16-18(25)23(19(26)27-16)10-9-22-17(24)12-5-7-14(21)8-6-12/h1-8,11H,9-10H2,(H,22,24)/b16-11-. The van der Waals surface area contributed by atoms with Gasteiger partial charge in [-0.1, -0.05) is 18.2 Å². The van der Waals surface area contributed by atoms with Gasteiger partial charge < -0.3 is 5.32 Å². The Labute approximate surface area is 173 Å². The van der Waals surface area contributed by atoms with Crippen molar-refractivity contribution in [2.24, 2.45) is 0 Å². The van der Waals surface area contributed by atoms with E-state index in [2.05, 4.69) is 27.9 Å². The Hall–Kier alpha value is -2.20. The third-order valence-corrected chi connectivity index (χ3v) is 5.42. The molecule has 0 aromatic heterocycles. The number of carbonyl (C=O) groups excluding carboxylic acids is 3. The predicted octanol–water partition coefficient (Wildman–Crippen LogP) is 3.90. The smallest absolute Gasteiger partial charge is 0.293 e. The van der Waals surface area contributed by atoms with E-state index in [1.54, 1.807) is 24.3 Å². The van der Waals surface area contributed by atoms with E-state index in [1.165, 1.54) is 18.2 Å². The van der Waals surface area contributed by atoms with Gasteiger partial charge in [-0.05, 0) is 70.8 Å². The summed E-state index contributed by atoms with van der Waals surface area (Å²) in [4.78, 5) is 37.8. The summed E-state index contributed by atoms with van der Waals surface area (Å²) in [6.45, 7) is 0.186. The summed E-state index contributed by atoms with van der Waals surface area (Å²) < 4.78 is 14.7. The zero-order valence-electron chi connectivity index (χ0n) is 13.9. The van der Waals surface area contributed by atoms with Crippen LogP contribution < -0.4 is 5.32 Å². The second-order valence-corrected chi connectivity index (χ2v) is 7.86. The zero-order valence-corrected chi connectivity index (χ0v) is 16.9. The van der Waals surface area contributed by atoms with Crippen molar-refractivity contribution >= 4 is 57.5 Å². The fourth-order valence-corrected chi connectivity index (χ4v) is 3.63. The number of nitrogens with zero attached hydrogens (tertiary/aromatic N) is 1. The molecule has 2 aromatic carbocycles. The highest BCUT2D eigenvalue weighted by molar-refractivity contribution is 14.1. The van der Waals surface area contributed by atoms with Gasteiger partial charge in [0.05, 0.1) is 4.91 Å². The van der Waals surface area contributed by atoms with Crippen LogP contribution in [-0.2, 0) is 4.79 Å². The highest BCUT2D eigenvalue weighted by atomic mass is 127. The van der Waals surface area contributed by atoms with Crippen molar-refractivity contribution in [3.05, 3.63) is 74.0 Å². The minimum atomic E-state index is -0.489. The Morgan fingerprint density at radius 3 is 2.56 bits per heavy atom. The molecule has 2 aromatic rings. The number of amides is 3. The molecule has 0 saturated carbocycles. The Balaban J connectivity index is 1.60. The van der Waals surface area contributed by atoms with Gasteiger partial charge >= 0.3 is 0 Å². The third-order valence-electron chi connectivity index (χ3n) is 3.79. The molecule has 1 heterocycles. The number of thioether (sulfide) groups is 1. The van der Waals surface area contributed by atoms with Crippen molar-refractivity contribution in [1.29, 1.82) is 0 Å². The van der Waals surface area contributed by atoms with Crippen LogP contribution in [0, 0.1) is 9.39 Å². The lowest BCUT2D eigenvalue weighted by Crippen LogP contribution is -2.37. The molecule has 0 spiro atoms. The topological polar surface area (TPSA) is 66.5 Å². The molecule has 0 aliphatic carbocycles. The number of benzene rings is 2. The van der Waals surface area contributed by atoms with Crippen LogP contribution in [0.2, 0.25) is 0 Å². The van der Waals surface area contributed by atoms with Crippen molar-refractivity contribution in [2.45, 2.75) is 0 Å². The number of carbonyl (C=O) groups is 3. The van der Waals surface area contributed by atoms with Crippen LogP contribution in [0.1, 0.15) is 15.9 Å². The van der Waals surface area contributed by atoms with Gasteiger partial charge in [-0.3, -0.25) is 19.3 Å². The molecule has 5 nitrogen and oxygen atoms in total. The van der Waals surface area contributed by atoms with Crippen molar-refractivity contribution < 1.29 is 18.8 Å². The van der Waals surface area contributed by atoms with Gasteiger partial charge in [-0.15, -0.1) is 0 Å². The van der Waals surface area contributed by atoms with Gasteiger partial charge in [-0.25, -0.2) is 4.39 Å². The number of hydrogen-bond acceptors (Lipinski definition) is 4. The molecule has 1 aliphatic heterocycles. The van der Waals surface area contributed by atoms with Crippen molar-refractivity contribution in [3.8, 4) is 0 Å². The highest BCUT2D eigenvalue weighted by Crippen LogP contribution is 2.32. The van der Waals surface area contributed by atoms with Crippen LogP contribution in [0.15, 0.2) is 53.4 Å². The molecule has 1 fully saturated rings. The quantitative estimate of drug-likeness (QED) is 0.504. The minimum absolute atomic E-state index is 0.0510. The zero-order chi connectivity index (χ0) is 19.4. The summed E-state index contributed by atoms with van der Waals surface area (Å²) in [6, 6.07) is 13.1. The van der Waals surface area contributed by atoms with Crippen LogP contribution in [0.25, 0.3) is 6.08 Å². The lowest BCUT2D eigenvalue weighted by Gasteiger charge is -2.13. The molecule has 3 rings (SSSR count). The Kier molecular flexibility index (Phi) is 6.27. The van der Waals surface area contributed by atoms with Gasteiger partial charge in [0.15, 0.2) is 0 Å². The SMILES string of the molecule is O=C(NCCN1C(=O)S/C(=C\c2ccccc2F)C1=O)c1ccc(I)cc1. The van der Waals surface area contributed by atoms with E-state index in [-0.39, 0.29) is 29.5 Å². The van der Waals surface area contributed by atoms with Crippen molar-refractivity contribution in [3.63, 3.8) is 0 Å². The number of nitrogens with one attached hydrogen (secondary N) is 1. The Bertz CT molecular complexity index is 931. The molecule has 0 radical (unpaired) electrons. The lowest BCUT2D eigenvalue weighted by atomic mass is 10.2. The molecule has 8 heteroatoms. The number of hydrogen-bond donors (Lipinski definition) is 1. The molecular weight excluding hydrogens is 482 g/mol. The largest absolute Gasteiger partial charge is 0.350 e. The molecule has 0 bridgehead atoms. The number of rotatable bonds is 5.